The molecule has 6 nitrogen and oxygen atoms in total. The zero-order valence-corrected chi connectivity index (χ0v) is 18.1. The first kappa shape index (κ1) is 21.2. The van der Waals surface area contributed by atoms with Gasteiger partial charge in [0.25, 0.3) is 0 Å². The molecule has 3 aromatic rings. The third kappa shape index (κ3) is 5.10. The summed E-state index contributed by atoms with van der Waals surface area (Å²) in [5.41, 5.74) is 2.81. The van der Waals surface area contributed by atoms with Gasteiger partial charge in [0.05, 0.1) is 13.7 Å². The number of aliphatic carboxylic acids is 1. The van der Waals surface area contributed by atoms with Crippen LogP contribution in [0.5, 0.6) is 11.5 Å². The van der Waals surface area contributed by atoms with Crippen LogP contribution in [0, 0.1) is 0 Å². The number of hydrogen-bond donors (Lipinski definition) is 3. The first-order valence-electron chi connectivity index (χ1n) is 9.53. The maximum atomic E-state index is 11.9. The SMILES string of the molecule is CCCOc1c(CN[C@H](Cc2c[nH]c3ccccc23)C(=O)O)cc(Br)cc1OC. The van der Waals surface area contributed by atoms with Gasteiger partial charge in [-0.1, -0.05) is 41.1 Å². The van der Waals surface area contributed by atoms with Crippen LogP contribution in [0.15, 0.2) is 47.1 Å². The van der Waals surface area contributed by atoms with Crippen LogP contribution in [0.25, 0.3) is 10.9 Å². The van der Waals surface area contributed by atoms with Crippen LogP contribution in [0.2, 0.25) is 0 Å². The zero-order chi connectivity index (χ0) is 20.8. The van der Waals surface area contributed by atoms with E-state index in [9.17, 15) is 9.90 Å². The average Bonchev–Trinajstić information content (AvgIpc) is 3.12. The quantitative estimate of drug-likeness (QED) is 0.414. The summed E-state index contributed by atoms with van der Waals surface area (Å²) < 4.78 is 12.2. The van der Waals surface area contributed by atoms with E-state index in [0.717, 1.165) is 32.9 Å². The van der Waals surface area contributed by atoms with Crippen LogP contribution in [0.3, 0.4) is 0 Å². The van der Waals surface area contributed by atoms with Crippen LogP contribution >= 0.6 is 15.9 Å². The van der Waals surface area contributed by atoms with Crippen LogP contribution in [-0.4, -0.2) is 35.8 Å². The molecule has 0 amide bonds. The predicted octanol–water partition coefficient (Wildman–Crippen LogP) is 4.51. The number of carboxylic acids is 1. The van der Waals surface area contributed by atoms with Crippen molar-refractivity contribution < 1.29 is 19.4 Å². The number of carbonyl (C=O) groups is 1. The molecule has 29 heavy (non-hydrogen) atoms. The number of rotatable bonds is 10. The van der Waals surface area contributed by atoms with Crippen molar-refractivity contribution in [2.24, 2.45) is 0 Å². The molecule has 0 saturated heterocycles. The van der Waals surface area contributed by atoms with Crippen molar-refractivity contribution in [3.63, 3.8) is 0 Å². The van der Waals surface area contributed by atoms with Crippen LogP contribution in [0.1, 0.15) is 24.5 Å². The summed E-state index contributed by atoms with van der Waals surface area (Å²) in [4.78, 5) is 15.1. The highest BCUT2D eigenvalue weighted by Gasteiger charge is 2.21. The number of ether oxygens (including phenoxy) is 2. The first-order chi connectivity index (χ1) is 14.0. The molecule has 0 unspecified atom stereocenters. The highest BCUT2D eigenvalue weighted by molar-refractivity contribution is 9.10. The Hall–Kier alpha value is -2.51. The number of nitrogens with one attached hydrogen (secondary N) is 2. The normalized spacial score (nSPS) is 12.1. The minimum Gasteiger partial charge on any atom is -0.493 e. The molecule has 0 radical (unpaired) electrons. The number of hydrogen-bond acceptors (Lipinski definition) is 4. The lowest BCUT2D eigenvalue weighted by Gasteiger charge is -2.18. The zero-order valence-electron chi connectivity index (χ0n) is 16.5. The van der Waals surface area contributed by atoms with E-state index in [1.807, 2.05) is 49.5 Å². The predicted molar refractivity (Wildman–Crippen MR) is 117 cm³/mol. The minimum absolute atomic E-state index is 0.341. The van der Waals surface area contributed by atoms with Gasteiger partial charge < -0.3 is 19.6 Å². The lowest BCUT2D eigenvalue weighted by Crippen LogP contribution is -2.38. The molecule has 154 valence electrons. The maximum absolute atomic E-state index is 11.9. The van der Waals surface area contributed by atoms with Gasteiger partial charge in [0.2, 0.25) is 0 Å². The van der Waals surface area contributed by atoms with Crippen molar-refractivity contribution in [3.05, 3.63) is 58.2 Å². The molecule has 0 aliphatic carbocycles. The number of halogens is 1. The van der Waals surface area contributed by atoms with Gasteiger partial charge >= 0.3 is 5.97 Å². The molecule has 1 atom stereocenters. The highest BCUT2D eigenvalue weighted by Crippen LogP contribution is 2.35. The van der Waals surface area contributed by atoms with Gasteiger partial charge in [0, 0.05) is 40.1 Å². The Morgan fingerprint density at radius 3 is 2.79 bits per heavy atom. The van der Waals surface area contributed by atoms with Gasteiger partial charge in [0.1, 0.15) is 6.04 Å². The Balaban J connectivity index is 1.80. The van der Waals surface area contributed by atoms with E-state index in [1.54, 1.807) is 7.11 Å². The molecule has 0 fully saturated rings. The van der Waals surface area contributed by atoms with E-state index in [0.29, 0.717) is 31.1 Å². The van der Waals surface area contributed by atoms with Crippen LogP contribution < -0.4 is 14.8 Å². The summed E-state index contributed by atoms with van der Waals surface area (Å²) in [5.74, 6) is 0.364. The smallest absolute Gasteiger partial charge is 0.321 e. The number of benzene rings is 2. The van der Waals surface area contributed by atoms with Gasteiger partial charge in [-0.2, -0.15) is 0 Å². The molecule has 0 aliphatic heterocycles. The van der Waals surface area contributed by atoms with Gasteiger partial charge in [0.15, 0.2) is 11.5 Å². The van der Waals surface area contributed by atoms with Crippen molar-refractivity contribution in [2.45, 2.75) is 32.4 Å². The molecule has 0 bridgehead atoms. The van der Waals surface area contributed by atoms with E-state index in [-0.39, 0.29) is 0 Å². The Bertz CT molecular complexity index is 986. The van der Waals surface area contributed by atoms with Crippen molar-refractivity contribution in [3.8, 4) is 11.5 Å². The lowest BCUT2D eigenvalue weighted by atomic mass is 10.0. The van der Waals surface area contributed by atoms with Crippen molar-refractivity contribution in [2.75, 3.05) is 13.7 Å². The summed E-state index contributed by atoms with van der Waals surface area (Å²) in [6.45, 7) is 2.93. The Labute approximate surface area is 178 Å². The average molecular weight is 461 g/mol. The largest absolute Gasteiger partial charge is 0.493 e. The number of H-pyrrole nitrogens is 1. The third-order valence-corrected chi connectivity index (χ3v) is 5.16. The van der Waals surface area contributed by atoms with E-state index >= 15 is 0 Å². The van der Waals surface area contributed by atoms with E-state index in [4.69, 9.17) is 9.47 Å². The molecule has 0 aliphatic rings. The van der Waals surface area contributed by atoms with E-state index in [2.05, 4.69) is 26.2 Å². The fourth-order valence-corrected chi connectivity index (χ4v) is 3.76. The van der Waals surface area contributed by atoms with E-state index in [1.165, 1.54) is 0 Å². The standard InChI is InChI=1S/C22H25BrN2O4/c1-3-8-29-21-15(9-16(23)11-20(21)28-2)13-25-19(22(26)27)10-14-12-24-18-7-5-4-6-17(14)18/h4-7,9,11-12,19,24-25H,3,8,10,13H2,1-2H3,(H,26,27)/t19-/m1/s1. The molecular weight excluding hydrogens is 436 g/mol. The maximum Gasteiger partial charge on any atom is 0.321 e. The first-order valence-corrected chi connectivity index (χ1v) is 10.3. The highest BCUT2D eigenvalue weighted by atomic mass is 79.9. The lowest BCUT2D eigenvalue weighted by molar-refractivity contribution is -0.139. The molecule has 0 saturated carbocycles. The topological polar surface area (TPSA) is 83.6 Å². The second-order valence-corrected chi connectivity index (χ2v) is 7.70. The molecule has 3 N–H and O–H groups in total. The summed E-state index contributed by atoms with van der Waals surface area (Å²) in [6, 6.07) is 10.9. The number of para-hydroxylation sites is 1. The van der Waals surface area contributed by atoms with Crippen molar-refractivity contribution >= 4 is 32.8 Å². The summed E-state index contributed by atoms with van der Waals surface area (Å²) >= 11 is 3.48. The second kappa shape index (κ2) is 9.80. The van der Waals surface area contributed by atoms with Gasteiger partial charge in [-0.15, -0.1) is 0 Å². The monoisotopic (exact) mass is 460 g/mol. The minimum atomic E-state index is -0.895. The number of methoxy groups -OCH3 is 1. The number of carboxylic acid groups (broad SMARTS) is 1. The molecule has 3 rings (SSSR count). The Morgan fingerprint density at radius 2 is 2.07 bits per heavy atom. The molecule has 7 heteroatoms. The van der Waals surface area contributed by atoms with Gasteiger partial charge in [-0.3, -0.25) is 10.1 Å². The summed E-state index contributed by atoms with van der Waals surface area (Å²) in [6.07, 6.45) is 3.11. The van der Waals surface area contributed by atoms with Gasteiger partial charge in [-0.05, 0) is 30.2 Å². The summed E-state index contributed by atoms with van der Waals surface area (Å²) in [7, 11) is 1.59. The second-order valence-electron chi connectivity index (χ2n) is 6.78. The summed E-state index contributed by atoms with van der Waals surface area (Å²) in [5, 5.41) is 14.0. The number of aromatic nitrogens is 1. The fourth-order valence-electron chi connectivity index (χ4n) is 3.27. The van der Waals surface area contributed by atoms with Crippen molar-refractivity contribution in [1.82, 2.24) is 10.3 Å². The molecular formula is C22H25BrN2O4. The molecule has 1 aromatic heterocycles. The number of aromatic amines is 1. The van der Waals surface area contributed by atoms with E-state index < -0.39 is 12.0 Å². The number of fused-ring (bicyclic) bond motifs is 1. The molecule has 2 aromatic carbocycles. The Morgan fingerprint density at radius 1 is 1.28 bits per heavy atom. The van der Waals surface area contributed by atoms with Crippen LogP contribution in [-0.2, 0) is 17.8 Å². The fraction of sp³-hybridized carbons (Fsp3) is 0.318. The van der Waals surface area contributed by atoms with Gasteiger partial charge in [-0.25, -0.2) is 0 Å². The third-order valence-electron chi connectivity index (χ3n) is 4.70. The van der Waals surface area contributed by atoms with Crippen LogP contribution in [0.4, 0.5) is 0 Å². The molecule has 0 spiro atoms. The Kier molecular flexibility index (Phi) is 7.17. The molecule has 1 heterocycles. The van der Waals surface area contributed by atoms with Crippen molar-refractivity contribution in [1.29, 1.82) is 0 Å².